The number of aliphatic hydroxyl groups excluding tert-OH is 9. The highest BCUT2D eigenvalue weighted by atomic mass is 16.7. The van der Waals surface area contributed by atoms with Gasteiger partial charge in [-0.15, -0.1) is 0 Å². The molecular formula is C23H42N2O15. The van der Waals surface area contributed by atoms with Crippen molar-refractivity contribution in [3.8, 4) is 0 Å². The summed E-state index contributed by atoms with van der Waals surface area (Å²) in [5.74, 6) is -0.594. The average molecular weight is 587 g/mol. The molecule has 17 heteroatoms. The minimum Gasteiger partial charge on any atom is -0.394 e. The van der Waals surface area contributed by atoms with Crippen LogP contribution in [-0.4, -0.2) is 170 Å². The monoisotopic (exact) mass is 586 g/mol. The van der Waals surface area contributed by atoms with Crippen molar-refractivity contribution < 1.29 is 74.4 Å². The molecule has 11 N–H and O–H groups in total. The van der Waals surface area contributed by atoms with Crippen molar-refractivity contribution in [2.24, 2.45) is 0 Å². The second kappa shape index (κ2) is 14.9. The number of hydrogen-bond acceptors (Lipinski definition) is 16. The second-order valence-electron chi connectivity index (χ2n) is 10.1. The first-order chi connectivity index (χ1) is 19.0. The summed E-state index contributed by atoms with van der Waals surface area (Å²) in [6.45, 7) is 1.20. The number of carbonyl (C=O) groups is 1. The lowest BCUT2D eigenvalue weighted by Gasteiger charge is -2.49. The molecule has 0 aromatic heterocycles. The quantitative estimate of drug-likeness (QED) is 0.107. The SMILES string of the molecule is CCCN[C@H]1[C@H](O[C@H]2[C@@H](O)[C@H](O)[C@@H](CO)O[C@@H]2O)O[C@H](CO)[C@@H](O[C@@H]2O[C@H](CO)[C@H](O)[C@H](O)[C@H]2NC(C)=O)[C@@H]1O. The smallest absolute Gasteiger partial charge is 0.217 e. The molecular weight excluding hydrogens is 544 g/mol. The Morgan fingerprint density at radius 3 is 1.80 bits per heavy atom. The normalized spacial score (nSPS) is 46.2. The Balaban J connectivity index is 1.84. The first kappa shape index (κ1) is 33.4. The molecule has 0 radical (unpaired) electrons. The Kier molecular flexibility index (Phi) is 12.4. The van der Waals surface area contributed by atoms with Crippen molar-refractivity contribution in [2.75, 3.05) is 26.4 Å². The van der Waals surface area contributed by atoms with Crippen molar-refractivity contribution in [1.82, 2.24) is 10.6 Å². The van der Waals surface area contributed by atoms with Gasteiger partial charge in [-0.3, -0.25) is 4.79 Å². The molecule has 3 aliphatic heterocycles. The third-order valence-corrected chi connectivity index (χ3v) is 7.16. The highest BCUT2D eigenvalue weighted by Crippen LogP contribution is 2.32. The van der Waals surface area contributed by atoms with E-state index in [1.807, 2.05) is 6.92 Å². The molecule has 1 amide bonds. The zero-order valence-corrected chi connectivity index (χ0v) is 22.2. The molecule has 234 valence electrons. The highest BCUT2D eigenvalue weighted by molar-refractivity contribution is 5.73. The maximum Gasteiger partial charge on any atom is 0.217 e. The van der Waals surface area contributed by atoms with Crippen LogP contribution in [-0.2, 0) is 28.5 Å². The van der Waals surface area contributed by atoms with E-state index in [0.29, 0.717) is 13.0 Å². The van der Waals surface area contributed by atoms with Crippen molar-refractivity contribution >= 4 is 5.91 Å². The number of ether oxygens (including phenoxy) is 5. The third-order valence-electron chi connectivity index (χ3n) is 7.16. The fourth-order valence-corrected chi connectivity index (χ4v) is 4.99. The van der Waals surface area contributed by atoms with Gasteiger partial charge in [-0.2, -0.15) is 0 Å². The summed E-state index contributed by atoms with van der Waals surface area (Å²) in [6.07, 6.45) is -19.1. The Morgan fingerprint density at radius 2 is 1.23 bits per heavy atom. The molecule has 17 nitrogen and oxygen atoms in total. The Labute approximate surface area is 230 Å². The predicted molar refractivity (Wildman–Crippen MR) is 129 cm³/mol. The topological polar surface area (TPSA) is 269 Å². The van der Waals surface area contributed by atoms with Crippen LogP contribution in [0.2, 0.25) is 0 Å². The zero-order chi connectivity index (χ0) is 29.7. The van der Waals surface area contributed by atoms with Crippen LogP contribution in [0.15, 0.2) is 0 Å². The first-order valence-corrected chi connectivity index (χ1v) is 13.2. The van der Waals surface area contributed by atoms with Gasteiger partial charge in [-0.25, -0.2) is 0 Å². The van der Waals surface area contributed by atoms with Gasteiger partial charge in [0.05, 0.1) is 25.9 Å². The molecule has 3 aliphatic rings. The Morgan fingerprint density at radius 1 is 0.700 bits per heavy atom. The summed E-state index contributed by atoms with van der Waals surface area (Å²) in [6, 6.07) is -2.45. The van der Waals surface area contributed by atoms with Crippen LogP contribution in [0.25, 0.3) is 0 Å². The van der Waals surface area contributed by atoms with Gasteiger partial charge in [-0.05, 0) is 13.0 Å². The van der Waals surface area contributed by atoms with Crippen molar-refractivity contribution in [3.05, 3.63) is 0 Å². The van der Waals surface area contributed by atoms with Crippen LogP contribution in [0.5, 0.6) is 0 Å². The van der Waals surface area contributed by atoms with E-state index < -0.39 is 118 Å². The lowest BCUT2D eigenvalue weighted by molar-refractivity contribution is -0.363. The van der Waals surface area contributed by atoms with Crippen molar-refractivity contribution in [3.63, 3.8) is 0 Å². The summed E-state index contributed by atoms with van der Waals surface area (Å²) < 4.78 is 28.2. The van der Waals surface area contributed by atoms with Gasteiger partial charge in [0.1, 0.15) is 67.1 Å². The van der Waals surface area contributed by atoms with Crippen LogP contribution in [0.1, 0.15) is 20.3 Å². The summed E-state index contributed by atoms with van der Waals surface area (Å²) in [5, 5.41) is 97.6. The van der Waals surface area contributed by atoms with E-state index in [-0.39, 0.29) is 0 Å². The summed E-state index contributed by atoms with van der Waals surface area (Å²) in [4.78, 5) is 11.8. The largest absolute Gasteiger partial charge is 0.394 e. The summed E-state index contributed by atoms with van der Waals surface area (Å²) in [7, 11) is 0. The molecule has 3 rings (SSSR count). The van der Waals surface area contributed by atoms with E-state index in [2.05, 4.69) is 10.6 Å². The molecule has 3 fully saturated rings. The van der Waals surface area contributed by atoms with E-state index in [9.17, 15) is 50.8 Å². The molecule has 0 unspecified atom stereocenters. The Hall–Kier alpha value is -1.13. The van der Waals surface area contributed by atoms with E-state index >= 15 is 0 Å². The maximum atomic E-state index is 11.8. The minimum atomic E-state index is -1.79. The molecule has 15 atom stereocenters. The maximum absolute atomic E-state index is 11.8. The van der Waals surface area contributed by atoms with Gasteiger partial charge in [0.15, 0.2) is 18.9 Å². The number of hydrogen-bond donors (Lipinski definition) is 11. The van der Waals surface area contributed by atoms with Gasteiger partial charge in [0.25, 0.3) is 0 Å². The molecule has 0 aromatic rings. The Bertz CT molecular complexity index is 797. The standard InChI is InChI=1S/C23H42N2O15/c1-3-4-24-12-17(33)19(39-23-13(25-8(2)29)16(32)14(30)10(6-27)37-23)11(7-28)38-22(12)40-20-18(34)15(31)9(5-26)36-21(20)35/h9-24,26-28,30-35H,3-7H2,1-2H3,(H,25,29)/t9-,10-,11-,12-,13-,14+,15-,16-,17-,18+,19-,20+,21+,22+,23+/m1/s1. The van der Waals surface area contributed by atoms with Gasteiger partial charge >= 0.3 is 0 Å². The molecule has 0 saturated carbocycles. The minimum absolute atomic E-state index is 0.328. The second-order valence-corrected chi connectivity index (χ2v) is 10.1. The number of amides is 1. The van der Waals surface area contributed by atoms with Crippen LogP contribution < -0.4 is 10.6 Å². The molecule has 3 saturated heterocycles. The van der Waals surface area contributed by atoms with Crippen LogP contribution >= 0.6 is 0 Å². The fourth-order valence-electron chi connectivity index (χ4n) is 4.99. The number of aliphatic hydroxyl groups is 9. The van der Waals surface area contributed by atoms with E-state index in [4.69, 9.17) is 23.7 Å². The number of carbonyl (C=O) groups excluding carboxylic acids is 1. The zero-order valence-electron chi connectivity index (χ0n) is 22.2. The number of nitrogens with one attached hydrogen (secondary N) is 2. The van der Waals surface area contributed by atoms with E-state index in [1.54, 1.807) is 0 Å². The summed E-state index contributed by atoms with van der Waals surface area (Å²) in [5.41, 5.74) is 0. The van der Waals surface area contributed by atoms with E-state index in [0.717, 1.165) is 6.92 Å². The molecule has 0 spiro atoms. The van der Waals surface area contributed by atoms with Gasteiger partial charge in [0, 0.05) is 6.92 Å². The average Bonchev–Trinajstić information content (AvgIpc) is 2.92. The van der Waals surface area contributed by atoms with Crippen LogP contribution in [0.4, 0.5) is 0 Å². The lowest BCUT2D eigenvalue weighted by atomic mass is 9.94. The van der Waals surface area contributed by atoms with Crippen LogP contribution in [0, 0.1) is 0 Å². The number of rotatable bonds is 11. The van der Waals surface area contributed by atoms with E-state index in [1.165, 1.54) is 0 Å². The lowest BCUT2D eigenvalue weighted by Crippen LogP contribution is -2.70. The summed E-state index contributed by atoms with van der Waals surface area (Å²) >= 11 is 0. The van der Waals surface area contributed by atoms with Crippen molar-refractivity contribution in [1.29, 1.82) is 0 Å². The van der Waals surface area contributed by atoms with Crippen molar-refractivity contribution in [2.45, 2.75) is 112 Å². The molecule has 0 aliphatic carbocycles. The molecule has 40 heavy (non-hydrogen) atoms. The highest BCUT2D eigenvalue weighted by Gasteiger charge is 2.53. The predicted octanol–water partition coefficient (Wildman–Crippen LogP) is -6.42. The fraction of sp³-hybridized carbons (Fsp3) is 0.957. The molecule has 0 bridgehead atoms. The molecule has 0 aromatic carbocycles. The van der Waals surface area contributed by atoms with Gasteiger partial charge in [0.2, 0.25) is 5.91 Å². The van der Waals surface area contributed by atoms with Gasteiger partial charge < -0.3 is 80.3 Å². The molecule has 3 heterocycles. The van der Waals surface area contributed by atoms with Gasteiger partial charge in [-0.1, -0.05) is 6.92 Å². The third kappa shape index (κ3) is 7.25. The first-order valence-electron chi connectivity index (χ1n) is 13.2. The van der Waals surface area contributed by atoms with Crippen LogP contribution in [0.3, 0.4) is 0 Å².